The van der Waals surface area contributed by atoms with Crippen LogP contribution in [0, 0.1) is 0 Å². The van der Waals surface area contributed by atoms with Crippen LogP contribution in [0.1, 0.15) is 12.0 Å². The summed E-state index contributed by atoms with van der Waals surface area (Å²) in [4.78, 5) is 10.5. The fourth-order valence-electron chi connectivity index (χ4n) is 2.37. The third-order valence-corrected chi connectivity index (χ3v) is 3.49. The van der Waals surface area contributed by atoms with Gasteiger partial charge >= 0.3 is 0 Å². The van der Waals surface area contributed by atoms with Gasteiger partial charge in [-0.1, -0.05) is 29.8 Å². The van der Waals surface area contributed by atoms with E-state index >= 15 is 0 Å². The third kappa shape index (κ3) is 2.22. The number of nitrogens with two attached hydrogens (primary N) is 1. The molecule has 1 aromatic carbocycles. The van der Waals surface area contributed by atoms with Crippen molar-refractivity contribution in [2.45, 2.75) is 12.8 Å². The van der Waals surface area contributed by atoms with Crippen LogP contribution in [0.3, 0.4) is 0 Å². The molecule has 0 bridgehead atoms. The molecule has 1 aliphatic rings. The van der Waals surface area contributed by atoms with Gasteiger partial charge in [0.25, 0.3) is 0 Å². The number of nitrogens with zero attached hydrogens (tertiary/aromatic N) is 3. The van der Waals surface area contributed by atoms with Crippen LogP contribution in [-0.2, 0) is 6.42 Å². The van der Waals surface area contributed by atoms with Crippen molar-refractivity contribution in [1.82, 2.24) is 9.97 Å². The Morgan fingerprint density at radius 2 is 2.16 bits per heavy atom. The molecule has 5 nitrogen and oxygen atoms in total. The van der Waals surface area contributed by atoms with Gasteiger partial charge in [-0.15, -0.1) is 0 Å². The van der Waals surface area contributed by atoms with E-state index in [9.17, 15) is 0 Å². The highest BCUT2D eigenvalue weighted by atomic mass is 35.5. The largest absolute Gasteiger partial charge is 0.325 e. The maximum atomic E-state index is 6.22. The van der Waals surface area contributed by atoms with Crippen LogP contribution in [0.15, 0.2) is 30.5 Å². The Labute approximate surface area is 116 Å². The van der Waals surface area contributed by atoms with Crippen molar-refractivity contribution in [2.24, 2.45) is 5.84 Å². The average Bonchev–Trinajstić information content (AvgIpc) is 2.47. The summed E-state index contributed by atoms with van der Waals surface area (Å²) in [6.45, 7) is 0.887. The van der Waals surface area contributed by atoms with Crippen molar-refractivity contribution in [1.29, 1.82) is 0 Å². The SMILES string of the molecule is NNc1ncc(Cl)c(N2CCCc3ccccc32)n1. The molecule has 0 radical (unpaired) electrons. The molecule has 2 aromatic rings. The van der Waals surface area contributed by atoms with Crippen molar-refractivity contribution in [2.75, 3.05) is 16.9 Å². The minimum Gasteiger partial charge on any atom is -0.325 e. The lowest BCUT2D eigenvalue weighted by Crippen LogP contribution is -2.26. The molecule has 0 spiro atoms. The Bertz CT molecular complexity index is 601. The van der Waals surface area contributed by atoms with E-state index in [1.165, 1.54) is 5.56 Å². The van der Waals surface area contributed by atoms with Gasteiger partial charge in [-0.3, -0.25) is 5.43 Å². The summed E-state index contributed by atoms with van der Waals surface area (Å²) >= 11 is 6.22. The molecule has 98 valence electrons. The van der Waals surface area contributed by atoms with Crippen molar-refractivity contribution >= 4 is 29.1 Å². The van der Waals surface area contributed by atoms with Gasteiger partial charge in [-0.25, -0.2) is 10.8 Å². The Kier molecular flexibility index (Phi) is 3.23. The Balaban J connectivity index is 2.08. The number of aromatic nitrogens is 2. The number of aryl methyl sites for hydroxylation is 1. The number of nitrogen functional groups attached to an aromatic ring is 1. The van der Waals surface area contributed by atoms with E-state index in [4.69, 9.17) is 17.4 Å². The van der Waals surface area contributed by atoms with Gasteiger partial charge in [0.15, 0.2) is 5.82 Å². The first-order valence-corrected chi connectivity index (χ1v) is 6.52. The number of halogens is 1. The molecule has 0 saturated carbocycles. The van der Waals surface area contributed by atoms with E-state index in [1.807, 2.05) is 6.07 Å². The Morgan fingerprint density at radius 3 is 3.00 bits per heavy atom. The first-order valence-electron chi connectivity index (χ1n) is 6.14. The smallest absolute Gasteiger partial charge is 0.239 e. The van der Waals surface area contributed by atoms with E-state index in [0.717, 1.165) is 25.1 Å². The molecule has 0 unspecified atom stereocenters. The first-order chi connectivity index (χ1) is 9.29. The number of hydrazine groups is 1. The quantitative estimate of drug-likeness (QED) is 0.651. The molecule has 3 N–H and O–H groups in total. The van der Waals surface area contributed by atoms with Crippen LogP contribution in [0.2, 0.25) is 5.02 Å². The van der Waals surface area contributed by atoms with E-state index in [1.54, 1.807) is 6.20 Å². The highest BCUT2D eigenvalue weighted by Crippen LogP contribution is 2.35. The molecular formula is C13H14ClN5. The van der Waals surface area contributed by atoms with Crippen LogP contribution < -0.4 is 16.2 Å². The number of hydrogen-bond acceptors (Lipinski definition) is 5. The van der Waals surface area contributed by atoms with E-state index in [-0.39, 0.29) is 0 Å². The minimum atomic E-state index is 0.363. The molecule has 0 aliphatic carbocycles. The first kappa shape index (κ1) is 12.2. The zero-order chi connectivity index (χ0) is 13.2. The lowest BCUT2D eigenvalue weighted by molar-refractivity contribution is 0.759. The number of anilines is 3. The summed E-state index contributed by atoms with van der Waals surface area (Å²) in [5.74, 6) is 6.41. The molecule has 3 rings (SSSR count). The number of rotatable bonds is 2. The predicted molar refractivity (Wildman–Crippen MR) is 76.6 cm³/mol. The second kappa shape index (κ2) is 5.03. The van der Waals surface area contributed by atoms with Gasteiger partial charge in [0.1, 0.15) is 5.02 Å². The maximum Gasteiger partial charge on any atom is 0.239 e. The second-order valence-electron chi connectivity index (χ2n) is 4.39. The van der Waals surface area contributed by atoms with Crippen LogP contribution in [0.25, 0.3) is 0 Å². The van der Waals surface area contributed by atoms with Crippen molar-refractivity contribution in [3.63, 3.8) is 0 Å². The zero-order valence-corrected chi connectivity index (χ0v) is 11.1. The summed E-state index contributed by atoms with van der Waals surface area (Å²) in [6, 6.07) is 8.30. The fourth-order valence-corrected chi connectivity index (χ4v) is 2.56. The Morgan fingerprint density at radius 1 is 1.32 bits per heavy atom. The van der Waals surface area contributed by atoms with Crippen molar-refractivity contribution < 1.29 is 0 Å². The molecule has 1 aliphatic heterocycles. The average molecular weight is 276 g/mol. The van der Waals surface area contributed by atoms with Gasteiger partial charge in [0.05, 0.1) is 6.20 Å². The predicted octanol–water partition coefficient (Wildman–Crippen LogP) is 2.50. The molecule has 19 heavy (non-hydrogen) atoms. The van der Waals surface area contributed by atoms with Crippen LogP contribution in [-0.4, -0.2) is 16.5 Å². The summed E-state index contributed by atoms with van der Waals surface area (Å²) in [7, 11) is 0. The second-order valence-corrected chi connectivity index (χ2v) is 4.80. The lowest BCUT2D eigenvalue weighted by Gasteiger charge is -2.30. The number of hydrogen-bond donors (Lipinski definition) is 2. The standard InChI is InChI=1S/C13H14ClN5/c14-10-8-16-13(18-15)17-12(10)19-7-3-5-9-4-1-2-6-11(9)19/h1-2,4,6,8H,3,5,7,15H2,(H,16,17,18). The van der Waals surface area contributed by atoms with E-state index in [0.29, 0.717) is 16.8 Å². The number of para-hydroxylation sites is 1. The number of fused-ring (bicyclic) bond motifs is 1. The summed E-state index contributed by atoms with van der Waals surface area (Å²) in [5, 5.41) is 0.524. The fraction of sp³-hybridized carbons (Fsp3) is 0.231. The lowest BCUT2D eigenvalue weighted by atomic mass is 10.0. The maximum absolute atomic E-state index is 6.22. The molecule has 1 aromatic heterocycles. The highest BCUT2D eigenvalue weighted by Gasteiger charge is 2.21. The molecule has 6 heteroatoms. The topological polar surface area (TPSA) is 67.1 Å². The molecule has 0 amide bonds. The van der Waals surface area contributed by atoms with Gasteiger partial charge in [-0.2, -0.15) is 4.98 Å². The Hall–Kier alpha value is -1.85. The number of benzene rings is 1. The van der Waals surface area contributed by atoms with Crippen LogP contribution in [0.5, 0.6) is 0 Å². The molecular weight excluding hydrogens is 262 g/mol. The van der Waals surface area contributed by atoms with Gasteiger partial charge in [0.2, 0.25) is 5.95 Å². The number of nitrogens with one attached hydrogen (secondary N) is 1. The van der Waals surface area contributed by atoms with Gasteiger partial charge < -0.3 is 4.90 Å². The normalized spacial score (nSPS) is 14.1. The van der Waals surface area contributed by atoms with Gasteiger partial charge in [-0.05, 0) is 24.5 Å². The van der Waals surface area contributed by atoms with Gasteiger partial charge in [0, 0.05) is 12.2 Å². The molecule has 2 heterocycles. The van der Waals surface area contributed by atoms with Crippen molar-refractivity contribution in [3.05, 3.63) is 41.0 Å². The molecule has 0 atom stereocenters. The van der Waals surface area contributed by atoms with Crippen LogP contribution >= 0.6 is 11.6 Å². The van der Waals surface area contributed by atoms with Crippen LogP contribution in [0.4, 0.5) is 17.5 Å². The van der Waals surface area contributed by atoms with E-state index < -0.39 is 0 Å². The highest BCUT2D eigenvalue weighted by molar-refractivity contribution is 6.33. The monoisotopic (exact) mass is 275 g/mol. The van der Waals surface area contributed by atoms with Crippen molar-refractivity contribution in [3.8, 4) is 0 Å². The van der Waals surface area contributed by atoms with E-state index in [2.05, 4.69) is 38.5 Å². The minimum absolute atomic E-state index is 0.363. The summed E-state index contributed by atoms with van der Waals surface area (Å²) < 4.78 is 0. The summed E-state index contributed by atoms with van der Waals surface area (Å²) in [5.41, 5.74) is 4.91. The molecule has 0 saturated heterocycles. The zero-order valence-electron chi connectivity index (χ0n) is 10.3. The molecule has 0 fully saturated rings. The third-order valence-electron chi connectivity index (χ3n) is 3.22. The summed E-state index contributed by atoms with van der Waals surface area (Å²) in [6.07, 6.45) is 3.72.